The number of halogens is 2. The van der Waals surface area contributed by atoms with Crippen LogP contribution in [0.1, 0.15) is 31.7 Å². The summed E-state index contributed by atoms with van der Waals surface area (Å²) in [7, 11) is 0. The first-order valence-electron chi connectivity index (χ1n) is 11.3. The molecule has 0 atom stereocenters. The van der Waals surface area contributed by atoms with Gasteiger partial charge in [-0.2, -0.15) is 4.98 Å². The topological polar surface area (TPSA) is 73.1 Å². The quantitative estimate of drug-likeness (QED) is 0.392. The molecule has 4 aromatic rings. The molecule has 0 saturated heterocycles. The molecule has 1 saturated carbocycles. The van der Waals surface area contributed by atoms with Crippen molar-refractivity contribution < 1.29 is 18.6 Å². The Kier molecular flexibility index (Phi) is 6.31. The van der Waals surface area contributed by atoms with Crippen LogP contribution in [0.3, 0.4) is 0 Å². The van der Waals surface area contributed by atoms with Gasteiger partial charge in [-0.05, 0) is 86.2 Å². The van der Waals surface area contributed by atoms with Crippen LogP contribution in [0.25, 0.3) is 22.6 Å². The molecule has 2 aromatic carbocycles. The molecular formula is C26H24F2N4O2. The Hall–Kier alpha value is -3.65. The minimum absolute atomic E-state index is 0.130. The minimum atomic E-state index is -0.356. The number of imidazole rings is 1. The Morgan fingerprint density at radius 2 is 1.56 bits per heavy atom. The first-order chi connectivity index (χ1) is 16.6. The molecule has 1 N–H and O–H groups in total. The maximum atomic E-state index is 13.6. The zero-order chi connectivity index (χ0) is 23.5. The molecule has 0 bridgehead atoms. The minimum Gasteiger partial charge on any atom is -0.424 e. The van der Waals surface area contributed by atoms with Crippen LogP contribution in [0.5, 0.6) is 11.8 Å². The van der Waals surface area contributed by atoms with E-state index in [0.29, 0.717) is 23.1 Å². The molecule has 174 valence electrons. The lowest BCUT2D eigenvalue weighted by atomic mass is 9.86. The van der Waals surface area contributed by atoms with Gasteiger partial charge in [0, 0.05) is 24.4 Å². The highest BCUT2D eigenvalue weighted by molar-refractivity contribution is 5.77. The standard InChI is InChI=1S/C26H24F2N4O2/c27-19-5-3-18(4-6-19)24-25(32(16-30-24)21-9-1-17(15-33)2-10-21)23-13-14-29-26(31-23)34-22-11-7-20(28)8-12-22/h3-8,11-14,16-17,21,33H,1-2,9-10,15H2. The van der Waals surface area contributed by atoms with E-state index in [4.69, 9.17) is 4.74 Å². The van der Waals surface area contributed by atoms with Gasteiger partial charge < -0.3 is 14.4 Å². The third-order valence-electron chi connectivity index (χ3n) is 6.28. The Bertz CT molecular complexity index is 1250. The number of aromatic nitrogens is 4. The number of hydrogen-bond acceptors (Lipinski definition) is 5. The van der Waals surface area contributed by atoms with Crippen molar-refractivity contribution in [3.05, 3.63) is 78.8 Å². The molecule has 2 aromatic heterocycles. The van der Waals surface area contributed by atoms with Gasteiger partial charge in [0.1, 0.15) is 17.4 Å². The number of aliphatic hydroxyl groups excluding tert-OH is 1. The smallest absolute Gasteiger partial charge is 0.322 e. The van der Waals surface area contributed by atoms with E-state index in [9.17, 15) is 13.9 Å². The zero-order valence-electron chi connectivity index (χ0n) is 18.4. The third kappa shape index (κ3) is 4.68. The molecule has 6 nitrogen and oxygen atoms in total. The number of rotatable bonds is 6. The van der Waals surface area contributed by atoms with Gasteiger partial charge in [-0.15, -0.1) is 0 Å². The second kappa shape index (κ2) is 9.69. The van der Waals surface area contributed by atoms with Crippen molar-refractivity contribution in [3.63, 3.8) is 0 Å². The van der Waals surface area contributed by atoms with Gasteiger partial charge in [0.15, 0.2) is 0 Å². The van der Waals surface area contributed by atoms with Crippen molar-refractivity contribution >= 4 is 0 Å². The highest BCUT2D eigenvalue weighted by Gasteiger charge is 2.26. The second-order valence-corrected chi connectivity index (χ2v) is 8.49. The average molecular weight is 463 g/mol. The van der Waals surface area contributed by atoms with Gasteiger partial charge in [-0.3, -0.25) is 0 Å². The normalized spacial score (nSPS) is 18.1. The van der Waals surface area contributed by atoms with E-state index in [-0.39, 0.29) is 30.3 Å². The molecule has 0 spiro atoms. The van der Waals surface area contributed by atoms with E-state index in [1.165, 1.54) is 36.4 Å². The molecule has 1 fully saturated rings. The number of nitrogens with zero attached hydrogens (tertiary/aromatic N) is 4. The summed E-state index contributed by atoms with van der Waals surface area (Å²) in [6.07, 6.45) is 7.12. The lowest BCUT2D eigenvalue weighted by Crippen LogP contribution is -2.20. The summed E-state index contributed by atoms with van der Waals surface area (Å²) in [6.45, 7) is 0.209. The molecule has 1 aliphatic carbocycles. The SMILES string of the molecule is OCC1CCC(n2cnc(-c3ccc(F)cc3)c2-c2ccnc(Oc3ccc(F)cc3)n2)CC1. The predicted octanol–water partition coefficient (Wildman–Crippen LogP) is 5.80. The molecule has 0 amide bonds. The monoisotopic (exact) mass is 462 g/mol. The highest BCUT2D eigenvalue weighted by Crippen LogP contribution is 2.38. The van der Waals surface area contributed by atoms with Gasteiger partial charge >= 0.3 is 6.01 Å². The van der Waals surface area contributed by atoms with Crippen molar-refractivity contribution in [3.8, 4) is 34.4 Å². The van der Waals surface area contributed by atoms with E-state index in [2.05, 4.69) is 19.5 Å². The molecule has 8 heteroatoms. The van der Waals surface area contributed by atoms with E-state index in [1.807, 2.05) is 0 Å². The van der Waals surface area contributed by atoms with Crippen molar-refractivity contribution in [1.29, 1.82) is 0 Å². The van der Waals surface area contributed by atoms with Crippen LogP contribution < -0.4 is 4.74 Å². The van der Waals surface area contributed by atoms with Crippen molar-refractivity contribution in [1.82, 2.24) is 19.5 Å². The Morgan fingerprint density at radius 1 is 0.882 bits per heavy atom. The van der Waals surface area contributed by atoms with Crippen LogP contribution in [-0.4, -0.2) is 31.2 Å². The molecular weight excluding hydrogens is 438 g/mol. The van der Waals surface area contributed by atoms with E-state index in [1.54, 1.807) is 30.7 Å². The molecule has 0 unspecified atom stereocenters. The maximum absolute atomic E-state index is 13.6. The molecule has 0 aliphatic heterocycles. The zero-order valence-corrected chi connectivity index (χ0v) is 18.4. The number of benzene rings is 2. The lowest BCUT2D eigenvalue weighted by molar-refractivity contribution is 0.169. The Balaban J connectivity index is 1.54. The van der Waals surface area contributed by atoms with Gasteiger partial charge in [0.05, 0.1) is 23.4 Å². The van der Waals surface area contributed by atoms with Crippen LogP contribution in [0, 0.1) is 17.6 Å². The first kappa shape index (κ1) is 22.2. The molecule has 0 radical (unpaired) electrons. The third-order valence-corrected chi connectivity index (χ3v) is 6.28. The van der Waals surface area contributed by atoms with Gasteiger partial charge in [0.2, 0.25) is 0 Å². The first-order valence-corrected chi connectivity index (χ1v) is 11.3. The number of hydrogen-bond donors (Lipinski definition) is 1. The van der Waals surface area contributed by atoms with Crippen molar-refractivity contribution in [2.45, 2.75) is 31.7 Å². The second-order valence-electron chi connectivity index (χ2n) is 8.49. The predicted molar refractivity (Wildman–Crippen MR) is 123 cm³/mol. The molecule has 34 heavy (non-hydrogen) atoms. The fourth-order valence-corrected chi connectivity index (χ4v) is 4.45. The summed E-state index contributed by atoms with van der Waals surface area (Å²) in [5.74, 6) is 0.0811. The molecule has 5 rings (SSSR count). The Labute approximate surface area is 195 Å². The summed E-state index contributed by atoms with van der Waals surface area (Å²) in [5, 5.41) is 9.52. The summed E-state index contributed by atoms with van der Waals surface area (Å²) in [4.78, 5) is 13.5. The Morgan fingerprint density at radius 3 is 2.24 bits per heavy atom. The molecule has 2 heterocycles. The number of aliphatic hydroxyl groups is 1. The summed E-state index contributed by atoms with van der Waals surface area (Å²) in [5.41, 5.74) is 2.88. The van der Waals surface area contributed by atoms with Gasteiger partial charge in [-0.1, -0.05) is 0 Å². The number of ether oxygens (including phenoxy) is 1. The van der Waals surface area contributed by atoms with Crippen molar-refractivity contribution in [2.75, 3.05) is 6.61 Å². The molecule has 1 aliphatic rings. The lowest BCUT2D eigenvalue weighted by Gasteiger charge is -2.29. The van der Waals surface area contributed by atoms with E-state index >= 15 is 0 Å². The fraction of sp³-hybridized carbons (Fsp3) is 0.269. The largest absolute Gasteiger partial charge is 0.424 e. The van der Waals surface area contributed by atoms with Crippen LogP contribution in [0.4, 0.5) is 8.78 Å². The fourth-order valence-electron chi connectivity index (χ4n) is 4.45. The van der Waals surface area contributed by atoms with Crippen LogP contribution >= 0.6 is 0 Å². The van der Waals surface area contributed by atoms with Crippen LogP contribution in [0.15, 0.2) is 67.1 Å². The van der Waals surface area contributed by atoms with E-state index < -0.39 is 0 Å². The van der Waals surface area contributed by atoms with Crippen LogP contribution in [0.2, 0.25) is 0 Å². The average Bonchev–Trinajstić information content (AvgIpc) is 3.31. The maximum Gasteiger partial charge on any atom is 0.322 e. The van der Waals surface area contributed by atoms with Crippen LogP contribution in [-0.2, 0) is 0 Å². The highest BCUT2D eigenvalue weighted by atomic mass is 19.1. The summed E-state index contributed by atoms with van der Waals surface area (Å²) >= 11 is 0. The van der Waals surface area contributed by atoms with Gasteiger partial charge in [-0.25, -0.2) is 18.7 Å². The summed E-state index contributed by atoms with van der Waals surface area (Å²) < 4.78 is 34.7. The van der Waals surface area contributed by atoms with Gasteiger partial charge in [0.25, 0.3) is 0 Å². The summed E-state index contributed by atoms with van der Waals surface area (Å²) in [6, 6.07) is 14.0. The van der Waals surface area contributed by atoms with Crippen molar-refractivity contribution in [2.24, 2.45) is 5.92 Å². The van der Waals surface area contributed by atoms with E-state index in [0.717, 1.165) is 36.9 Å².